The van der Waals surface area contributed by atoms with Crippen molar-refractivity contribution in [3.63, 3.8) is 0 Å². The molecule has 2 aromatic rings. The van der Waals surface area contributed by atoms with Crippen LogP contribution in [0.5, 0.6) is 0 Å². The number of hydrogen-bond donors (Lipinski definition) is 1. The van der Waals surface area contributed by atoms with Gasteiger partial charge in [-0.05, 0) is 40.1 Å². The highest BCUT2D eigenvalue weighted by Crippen LogP contribution is 2.29. The van der Waals surface area contributed by atoms with E-state index in [1.165, 1.54) is 11.3 Å². The molecule has 0 aliphatic heterocycles. The number of carboxylic acid groups (broad SMARTS) is 1. The second-order valence-electron chi connectivity index (χ2n) is 3.61. The maximum absolute atomic E-state index is 10.4. The van der Waals surface area contributed by atoms with E-state index in [0.717, 1.165) is 31.7 Å². The van der Waals surface area contributed by atoms with Gasteiger partial charge in [0.05, 0.1) is 0 Å². The lowest BCUT2D eigenvalue weighted by Gasteiger charge is -2.02. The quantitative estimate of drug-likeness (QED) is 0.879. The summed E-state index contributed by atoms with van der Waals surface area (Å²) >= 11 is 4.74. The molecular formula is C12H9BrN2O2S. The Morgan fingerprint density at radius 2 is 2.22 bits per heavy atom. The molecule has 0 spiro atoms. The SMILES string of the molecule is Cc1cc(/C=C/C(=O)O)ccc1-c1nnc(Br)s1. The lowest BCUT2D eigenvalue weighted by atomic mass is 10.1. The molecule has 6 heteroatoms. The Balaban J connectivity index is 2.33. The van der Waals surface area contributed by atoms with E-state index in [1.54, 1.807) is 6.08 Å². The number of benzene rings is 1. The monoisotopic (exact) mass is 324 g/mol. The molecule has 18 heavy (non-hydrogen) atoms. The van der Waals surface area contributed by atoms with E-state index >= 15 is 0 Å². The predicted molar refractivity (Wildman–Crippen MR) is 74.5 cm³/mol. The van der Waals surface area contributed by atoms with Crippen LogP contribution in [0.1, 0.15) is 11.1 Å². The van der Waals surface area contributed by atoms with Crippen LogP contribution in [-0.2, 0) is 4.79 Å². The number of nitrogens with zero attached hydrogens (tertiary/aromatic N) is 2. The molecule has 2 rings (SSSR count). The molecule has 0 fully saturated rings. The highest BCUT2D eigenvalue weighted by molar-refractivity contribution is 9.11. The number of carbonyl (C=O) groups is 1. The van der Waals surface area contributed by atoms with Crippen molar-refractivity contribution in [2.75, 3.05) is 0 Å². The van der Waals surface area contributed by atoms with Gasteiger partial charge in [-0.15, -0.1) is 10.2 Å². The largest absolute Gasteiger partial charge is 0.478 e. The molecule has 0 atom stereocenters. The molecule has 0 bridgehead atoms. The van der Waals surface area contributed by atoms with Crippen molar-refractivity contribution in [2.24, 2.45) is 0 Å². The van der Waals surface area contributed by atoms with E-state index in [9.17, 15) is 4.79 Å². The van der Waals surface area contributed by atoms with Crippen molar-refractivity contribution in [1.82, 2.24) is 10.2 Å². The fourth-order valence-electron chi connectivity index (χ4n) is 1.51. The number of hydrogen-bond acceptors (Lipinski definition) is 4. The van der Waals surface area contributed by atoms with Gasteiger partial charge in [0.15, 0.2) is 3.92 Å². The van der Waals surface area contributed by atoms with E-state index in [2.05, 4.69) is 26.1 Å². The van der Waals surface area contributed by atoms with Gasteiger partial charge in [-0.3, -0.25) is 0 Å². The number of halogens is 1. The smallest absolute Gasteiger partial charge is 0.328 e. The van der Waals surface area contributed by atoms with Crippen molar-refractivity contribution >= 4 is 39.3 Å². The van der Waals surface area contributed by atoms with Crippen LogP contribution in [0.15, 0.2) is 28.2 Å². The summed E-state index contributed by atoms with van der Waals surface area (Å²) in [4.78, 5) is 10.4. The van der Waals surface area contributed by atoms with Crippen LogP contribution in [0, 0.1) is 6.92 Å². The summed E-state index contributed by atoms with van der Waals surface area (Å²) in [5.41, 5.74) is 2.89. The van der Waals surface area contributed by atoms with Gasteiger partial charge in [0.1, 0.15) is 5.01 Å². The highest BCUT2D eigenvalue weighted by atomic mass is 79.9. The van der Waals surface area contributed by atoms with Crippen molar-refractivity contribution in [3.05, 3.63) is 39.3 Å². The molecule has 92 valence electrons. The van der Waals surface area contributed by atoms with Gasteiger partial charge >= 0.3 is 5.97 Å². The standard InChI is InChI=1S/C12H9BrN2O2S/c1-7-6-8(3-5-10(16)17)2-4-9(7)11-14-15-12(13)18-11/h2-6H,1H3,(H,16,17)/b5-3+. The third-order valence-corrected chi connectivity index (χ3v) is 3.69. The topological polar surface area (TPSA) is 63.1 Å². The van der Waals surface area contributed by atoms with Crippen LogP contribution in [0.3, 0.4) is 0 Å². The molecule has 0 unspecified atom stereocenters. The number of carboxylic acids is 1. The first-order valence-corrected chi connectivity index (χ1v) is 6.68. The molecular weight excluding hydrogens is 316 g/mol. The van der Waals surface area contributed by atoms with Crippen molar-refractivity contribution in [2.45, 2.75) is 6.92 Å². The maximum atomic E-state index is 10.4. The van der Waals surface area contributed by atoms with Gasteiger partial charge in [0, 0.05) is 11.6 Å². The lowest BCUT2D eigenvalue weighted by molar-refractivity contribution is -0.131. The van der Waals surface area contributed by atoms with Crippen molar-refractivity contribution < 1.29 is 9.90 Å². The zero-order valence-electron chi connectivity index (χ0n) is 9.42. The van der Waals surface area contributed by atoms with Gasteiger partial charge in [0.25, 0.3) is 0 Å². The first-order chi connectivity index (χ1) is 8.56. The molecule has 1 heterocycles. The average Bonchev–Trinajstić information content (AvgIpc) is 2.73. The number of rotatable bonds is 3. The van der Waals surface area contributed by atoms with Crippen LogP contribution < -0.4 is 0 Å². The second kappa shape index (κ2) is 5.41. The van der Waals surface area contributed by atoms with Gasteiger partial charge in [-0.25, -0.2) is 4.79 Å². The minimum absolute atomic E-state index is 0.742. The molecule has 1 aromatic carbocycles. The average molecular weight is 325 g/mol. The minimum Gasteiger partial charge on any atom is -0.478 e. The van der Waals surface area contributed by atoms with E-state index in [-0.39, 0.29) is 0 Å². The minimum atomic E-state index is -0.954. The summed E-state index contributed by atoms with van der Waals surface area (Å²) in [6.07, 6.45) is 2.69. The Labute approximate surface area is 116 Å². The molecule has 0 saturated carbocycles. The molecule has 0 aliphatic rings. The van der Waals surface area contributed by atoms with Crippen molar-refractivity contribution in [3.8, 4) is 10.6 Å². The Bertz CT molecular complexity index is 622. The predicted octanol–water partition coefficient (Wildman–Crippen LogP) is 3.37. The first kappa shape index (κ1) is 12.9. The van der Waals surface area contributed by atoms with Crippen LogP contribution in [0.4, 0.5) is 0 Å². The van der Waals surface area contributed by atoms with Gasteiger partial charge < -0.3 is 5.11 Å². The summed E-state index contributed by atoms with van der Waals surface area (Å²) in [6, 6.07) is 5.70. The van der Waals surface area contributed by atoms with E-state index < -0.39 is 5.97 Å². The van der Waals surface area contributed by atoms with E-state index in [4.69, 9.17) is 5.11 Å². The number of aryl methyl sites for hydroxylation is 1. The Kier molecular flexibility index (Phi) is 3.88. The maximum Gasteiger partial charge on any atom is 0.328 e. The third-order valence-electron chi connectivity index (χ3n) is 2.30. The zero-order valence-corrected chi connectivity index (χ0v) is 11.8. The normalized spacial score (nSPS) is 11.0. The second-order valence-corrected chi connectivity index (χ2v) is 5.86. The summed E-state index contributed by atoms with van der Waals surface area (Å²) in [7, 11) is 0. The van der Waals surface area contributed by atoms with Crippen LogP contribution >= 0.6 is 27.3 Å². The highest BCUT2D eigenvalue weighted by Gasteiger charge is 2.07. The van der Waals surface area contributed by atoms with Crippen LogP contribution in [0.25, 0.3) is 16.6 Å². The van der Waals surface area contributed by atoms with Gasteiger partial charge in [0.2, 0.25) is 0 Å². The van der Waals surface area contributed by atoms with Crippen molar-refractivity contribution in [1.29, 1.82) is 0 Å². The van der Waals surface area contributed by atoms with E-state index in [0.29, 0.717) is 0 Å². The molecule has 0 aliphatic carbocycles. The Morgan fingerprint density at radius 1 is 1.44 bits per heavy atom. The molecule has 1 N–H and O–H groups in total. The fourth-order valence-corrected chi connectivity index (χ4v) is 2.71. The molecule has 0 radical (unpaired) electrons. The third kappa shape index (κ3) is 3.02. The number of aliphatic carboxylic acids is 1. The molecule has 0 saturated heterocycles. The summed E-state index contributed by atoms with van der Waals surface area (Å²) in [5, 5.41) is 17.4. The van der Waals surface area contributed by atoms with E-state index in [1.807, 2.05) is 25.1 Å². The zero-order chi connectivity index (χ0) is 13.1. The Morgan fingerprint density at radius 3 is 2.78 bits per heavy atom. The lowest BCUT2D eigenvalue weighted by Crippen LogP contribution is -1.87. The fraction of sp³-hybridized carbons (Fsp3) is 0.0833. The molecule has 4 nitrogen and oxygen atoms in total. The molecule has 0 amide bonds. The first-order valence-electron chi connectivity index (χ1n) is 5.07. The van der Waals surface area contributed by atoms with Crippen LogP contribution in [0.2, 0.25) is 0 Å². The summed E-state index contributed by atoms with van der Waals surface area (Å²) in [6.45, 7) is 1.96. The summed E-state index contributed by atoms with van der Waals surface area (Å²) < 4.78 is 0.742. The number of aromatic nitrogens is 2. The molecule has 1 aromatic heterocycles. The Hall–Kier alpha value is -1.53. The van der Waals surface area contributed by atoms with Gasteiger partial charge in [-0.2, -0.15) is 0 Å². The van der Waals surface area contributed by atoms with Gasteiger partial charge in [-0.1, -0.05) is 29.5 Å². The summed E-state index contributed by atoms with van der Waals surface area (Å²) in [5.74, 6) is -0.954. The van der Waals surface area contributed by atoms with Crippen LogP contribution in [-0.4, -0.2) is 21.3 Å².